The monoisotopic (exact) mass is 279 g/mol. The van der Waals surface area contributed by atoms with E-state index >= 15 is 0 Å². The number of aliphatic imine (C=N–C) groups is 1. The fourth-order valence-corrected chi connectivity index (χ4v) is 1.13. The summed E-state index contributed by atoms with van der Waals surface area (Å²) in [7, 11) is 2.43. The highest BCUT2D eigenvalue weighted by Gasteiger charge is 2.10. The van der Waals surface area contributed by atoms with Crippen LogP contribution in [0.15, 0.2) is 29.2 Å². The van der Waals surface area contributed by atoms with Gasteiger partial charge in [0.2, 0.25) is 5.96 Å². The van der Waals surface area contributed by atoms with E-state index in [1.165, 1.54) is 26.6 Å². The summed E-state index contributed by atoms with van der Waals surface area (Å²) >= 11 is 0. The van der Waals surface area contributed by atoms with Crippen molar-refractivity contribution in [2.75, 3.05) is 14.2 Å². The van der Waals surface area contributed by atoms with Crippen LogP contribution in [-0.4, -0.2) is 48.1 Å². The van der Waals surface area contributed by atoms with Crippen LogP contribution in [0.3, 0.4) is 0 Å². The molecule has 0 fully saturated rings. The number of methoxy groups -OCH3 is 2. The van der Waals surface area contributed by atoms with Gasteiger partial charge in [0.05, 0.1) is 31.6 Å². The third kappa shape index (κ3) is 3.51. The number of ether oxygens (including phenoxy) is 2. The van der Waals surface area contributed by atoms with E-state index in [-0.39, 0.29) is 17.1 Å². The molecule has 0 spiro atoms. The lowest BCUT2D eigenvalue weighted by atomic mass is 10.3. The standard InChI is InChI=1S/C11H13N5O4/c1-19-9(17)7(3-12)4-14-11(13)16-6-8(5-15-16)10(18)20-2/h3-6,12H,1-2H3,(H2,13,14)/b7-4+,12-3?. The molecule has 9 heteroatoms. The molecule has 0 amide bonds. The molecular formula is C11H13N5O4. The lowest BCUT2D eigenvalue weighted by Crippen LogP contribution is -2.22. The second kappa shape index (κ2) is 6.83. The van der Waals surface area contributed by atoms with Crippen LogP contribution in [0.5, 0.6) is 0 Å². The zero-order valence-corrected chi connectivity index (χ0v) is 10.9. The van der Waals surface area contributed by atoms with Gasteiger partial charge in [-0.15, -0.1) is 0 Å². The summed E-state index contributed by atoms with van der Waals surface area (Å²) in [6.07, 6.45) is 4.43. The van der Waals surface area contributed by atoms with Gasteiger partial charge in [-0.2, -0.15) is 5.10 Å². The van der Waals surface area contributed by atoms with Crippen LogP contribution in [0.2, 0.25) is 0 Å². The van der Waals surface area contributed by atoms with Crippen molar-refractivity contribution in [3.8, 4) is 0 Å². The maximum atomic E-state index is 11.2. The summed E-state index contributed by atoms with van der Waals surface area (Å²) < 4.78 is 10.1. The van der Waals surface area contributed by atoms with Gasteiger partial charge in [0.1, 0.15) is 0 Å². The third-order valence-corrected chi connectivity index (χ3v) is 2.15. The molecule has 0 unspecified atom stereocenters. The molecule has 1 aromatic rings. The van der Waals surface area contributed by atoms with Gasteiger partial charge in [0.15, 0.2) is 0 Å². The van der Waals surface area contributed by atoms with Crippen molar-refractivity contribution in [1.29, 1.82) is 5.41 Å². The van der Waals surface area contributed by atoms with E-state index in [0.717, 1.165) is 17.1 Å². The van der Waals surface area contributed by atoms with Crippen LogP contribution < -0.4 is 5.73 Å². The second-order valence-corrected chi connectivity index (χ2v) is 3.37. The Morgan fingerprint density at radius 2 is 2.15 bits per heavy atom. The fourth-order valence-electron chi connectivity index (χ4n) is 1.13. The molecule has 1 rings (SSSR count). The molecule has 1 aromatic heterocycles. The van der Waals surface area contributed by atoms with Crippen molar-refractivity contribution in [3.05, 3.63) is 29.7 Å². The average Bonchev–Trinajstić information content (AvgIpc) is 2.96. The van der Waals surface area contributed by atoms with Gasteiger partial charge in [0.25, 0.3) is 0 Å². The summed E-state index contributed by atoms with van der Waals surface area (Å²) in [6, 6.07) is 0. The zero-order chi connectivity index (χ0) is 15.1. The van der Waals surface area contributed by atoms with E-state index in [4.69, 9.17) is 11.1 Å². The normalized spacial score (nSPS) is 11.9. The van der Waals surface area contributed by atoms with Crippen molar-refractivity contribution in [2.24, 2.45) is 10.7 Å². The van der Waals surface area contributed by atoms with E-state index < -0.39 is 11.9 Å². The molecule has 0 aliphatic carbocycles. The first kappa shape index (κ1) is 15.1. The summed E-state index contributed by atoms with van der Waals surface area (Å²) in [5.41, 5.74) is 5.74. The Morgan fingerprint density at radius 1 is 1.45 bits per heavy atom. The Labute approximate surface area is 114 Å². The number of nitrogens with one attached hydrogen (secondary N) is 1. The molecule has 0 saturated carbocycles. The minimum absolute atomic E-state index is 0.0872. The average molecular weight is 279 g/mol. The highest BCUT2D eigenvalue weighted by atomic mass is 16.5. The van der Waals surface area contributed by atoms with Gasteiger partial charge < -0.3 is 20.6 Å². The number of aromatic nitrogens is 2. The number of rotatable bonds is 4. The Balaban J connectivity index is 2.96. The number of carbonyl (C=O) groups is 2. The highest BCUT2D eigenvalue weighted by Crippen LogP contribution is 2.00. The van der Waals surface area contributed by atoms with Crippen LogP contribution in [0, 0.1) is 5.41 Å². The Morgan fingerprint density at radius 3 is 2.70 bits per heavy atom. The van der Waals surface area contributed by atoms with Crippen molar-refractivity contribution < 1.29 is 19.1 Å². The summed E-state index contributed by atoms with van der Waals surface area (Å²) in [6.45, 7) is 0. The predicted octanol–water partition coefficient (Wildman–Crippen LogP) is -0.461. The molecule has 1 heterocycles. The van der Waals surface area contributed by atoms with Gasteiger partial charge in [-0.1, -0.05) is 0 Å². The van der Waals surface area contributed by atoms with Crippen LogP contribution in [-0.2, 0) is 14.3 Å². The first-order valence-electron chi connectivity index (χ1n) is 5.29. The summed E-state index contributed by atoms with van der Waals surface area (Å²) in [4.78, 5) is 26.2. The van der Waals surface area contributed by atoms with E-state index in [2.05, 4.69) is 19.6 Å². The van der Waals surface area contributed by atoms with Gasteiger partial charge in [-0.05, 0) is 0 Å². The summed E-state index contributed by atoms with van der Waals surface area (Å²) in [5, 5.41) is 10.9. The molecule has 0 saturated heterocycles. The van der Waals surface area contributed by atoms with E-state index in [0.29, 0.717) is 0 Å². The smallest absolute Gasteiger partial charge is 0.341 e. The van der Waals surface area contributed by atoms with Crippen molar-refractivity contribution >= 4 is 24.1 Å². The second-order valence-electron chi connectivity index (χ2n) is 3.37. The molecule has 0 aliphatic heterocycles. The van der Waals surface area contributed by atoms with Gasteiger partial charge >= 0.3 is 11.9 Å². The molecule has 0 bridgehead atoms. The predicted molar refractivity (Wildman–Crippen MR) is 69.5 cm³/mol. The number of nitrogens with two attached hydrogens (primary N) is 1. The topological polar surface area (TPSA) is 133 Å². The zero-order valence-electron chi connectivity index (χ0n) is 10.9. The highest BCUT2D eigenvalue weighted by molar-refractivity contribution is 6.08. The first-order valence-corrected chi connectivity index (χ1v) is 5.29. The quantitative estimate of drug-likeness (QED) is 0.331. The van der Waals surface area contributed by atoms with Gasteiger partial charge in [-0.25, -0.2) is 19.3 Å². The number of hydrogen-bond donors (Lipinski definition) is 2. The van der Waals surface area contributed by atoms with E-state index in [9.17, 15) is 9.59 Å². The lowest BCUT2D eigenvalue weighted by molar-refractivity contribution is -0.135. The SMILES string of the molecule is COC(=O)/C(C=N)=C/N=C(N)n1cc(C(=O)OC)cn1. The summed E-state index contributed by atoms with van der Waals surface area (Å²) in [5.74, 6) is -1.37. The Kier molecular flexibility index (Phi) is 5.15. The van der Waals surface area contributed by atoms with E-state index in [1.54, 1.807) is 0 Å². The number of esters is 2. The lowest BCUT2D eigenvalue weighted by Gasteiger charge is -1.99. The van der Waals surface area contributed by atoms with Crippen LogP contribution in [0.4, 0.5) is 0 Å². The maximum Gasteiger partial charge on any atom is 0.341 e. The third-order valence-electron chi connectivity index (χ3n) is 2.15. The fraction of sp³-hybridized carbons (Fsp3) is 0.182. The largest absolute Gasteiger partial charge is 0.465 e. The van der Waals surface area contributed by atoms with Crippen molar-refractivity contribution in [3.63, 3.8) is 0 Å². The molecule has 0 radical (unpaired) electrons. The maximum absolute atomic E-state index is 11.2. The molecular weight excluding hydrogens is 266 g/mol. The van der Waals surface area contributed by atoms with Crippen molar-refractivity contribution in [1.82, 2.24) is 9.78 Å². The number of nitrogens with zero attached hydrogens (tertiary/aromatic N) is 3. The number of carbonyl (C=O) groups excluding carboxylic acids is 2. The van der Waals surface area contributed by atoms with Gasteiger partial charge in [0, 0.05) is 18.6 Å². The molecule has 9 nitrogen and oxygen atoms in total. The molecule has 0 atom stereocenters. The van der Waals surface area contributed by atoms with Crippen LogP contribution >= 0.6 is 0 Å². The minimum Gasteiger partial charge on any atom is -0.465 e. The molecule has 0 aromatic carbocycles. The Bertz CT molecular complexity index is 587. The molecule has 3 N–H and O–H groups in total. The van der Waals surface area contributed by atoms with E-state index in [1.807, 2.05) is 0 Å². The number of hydrogen-bond acceptors (Lipinski definition) is 7. The first-order chi connectivity index (χ1) is 9.53. The molecule has 20 heavy (non-hydrogen) atoms. The Hall–Kier alpha value is -2.97. The molecule has 106 valence electrons. The molecule has 0 aliphatic rings. The van der Waals surface area contributed by atoms with Crippen LogP contribution in [0.1, 0.15) is 10.4 Å². The van der Waals surface area contributed by atoms with Crippen LogP contribution in [0.25, 0.3) is 0 Å². The minimum atomic E-state index is -0.715. The van der Waals surface area contributed by atoms with Gasteiger partial charge in [-0.3, -0.25) is 0 Å². The van der Waals surface area contributed by atoms with Crippen molar-refractivity contribution in [2.45, 2.75) is 0 Å².